The molecule has 0 bridgehead atoms. The van der Waals surface area contributed by atoms with Crippen molar-refractivity contribution in [3.63, 3.8) is 0 Å². The van der Waals surface area contributed by atoms with Gasteiger partial charge in [0.25, 0.3) is 0 Å². The van der Waals surface area contributed by atoms with Crippen LogP contribution in [0.5, 0.6) is 23.0 Å². The first-order valence-electron chi connectivity index (χ1n) is 6.39. The van der Waals surface area contributed by atoms with E-state index in [0.29, 0.717) is 5.39 Å². The van der Waals surface area contributed by atoms with E-state index >= 15 is 0 Å². The smallest absolute Gasteiger partial charge is 0.308 e. The predicted octanol–water partition coefficient (Wildman–Crippen LogP) is 2.56. The lowest BCUT2D eigenvalue weighted by Gasteiger charge is -2.14. The van der Waals surface area contributed by atoms with Crippen molar-refractivity contribution >= 4 is 22.7 Å². The number of rotatable bonds is 2. The third-order valence-electron chi connectivity index (χ3n) is 2.99. The summed E-state index contributed by atoms with van der Waals surface area (Å²) >= 11 is 0. The Hall–Kier alpha value is -2.83. The van der Waals surface area contributed by atoms with Gasteiger partial charge < -0.3 is 18.9 Å². The molecular formula is C15H11FO6. The van der Waals surface area contributed by atoms with E-state index in [9.17, 15) is 14.0 Å². The second-order valence-corrected chi connectivity index (χ2v) is 4.60. The Morgan fingerprint density at radius 1 is 1.00 bits per heavy atom. The van der Waals surface area contributed by atoms with Gasteiger partial charge in [-0.15, -0.1) is 0 Å². The first-order valence-corrected chi connectivity index (χ1v) is 6.39. The third kappa shape index (κ3) is 2.30. The molecule has 7 heteroatoms. The topological polar surface area (TPSA) is 71.1 Å². The van der Waals surface area contributed by atoms with Crippen molar-refractivity contribution in [3.05, 3.63) is 24.0 Å². The molecule has 0 amide bonds. The molecule has 0 atom stereocenters. The highest BCUT2D eigenvalue weighted by Crippen LogP contribution is 2.53. The van der Waals surface area contributed by atoms with E-state index < -0.39 is 17.8 Å². The van der Waals surface area contributed by atoms with Crippen molar-refractivity contribution in [2.24, 2.45) is 0 Å². The minimum absolute atomic E-state index is 0.0328. The molecule has 1 aliphatic heterocycles. The molecule has 2 aromatic rings. The van der Waals surface area contributed by atoms with Gasteiger partial charge in [0.15, 0.2) is 11.5 Å². The average Bonchev–Trinajstić information content (AvgIpc) is 2.90. The number of hydrogen-bond donors (Lipinski definition) is 0. The molecule has 3 rings (SSSR count). The van der Waals surface area contributed by atoms with E-state index in [2.05, 4.69) is 0 Å². The van der Waals surface area contributed by atoms with E-state index in [0.717, 1.165) is 0 Å². The van der Waals surface area contributed by atoms with Crippen molar-refractivity contribution in [3.8, 4) is 23.0 Å². The van der Waals surface area contributed by atoms with E-state index in [1.165, 1.54) is 32.0 Å². The van der Waals surface area contributed by atoms with Crippen molar-refractivity contribution < 1.29 is 32.9 Å². The molecule has 2 aromatic carbocycles. The van der Waals surface area contributed by atoms with Crippen molar-refractivity contribution in [1.82, 2.24) is 0 Å². The maximum absolute atomic E-state index is 13.6. The summed E-state index contributed by atoms with van der Waals surface area (Å²) in [4.78, 5) is 22.6. The summed E-state index contributed by atoms with van der Waals surface area (Å²) in [5.41, 5.74) is 0. The van der Waals surface area contributed by atoms with Gasteiger partial charge in [-0.05, 0) is 18.2 Å². The Kier molecular flexibility index (Phi) is 3.32. The zero-order valence-corrected chi connectivity index (χ0v) is 11.8. The number of esters is 2. The minimum atomic E-state index is -0.594. The van der Waals surface area contributed by atoms with Gasteiger partial charge in [0.05, 0.1) is 0 Å². The molecule has 0 N–H and O–H groups in total. The van der Waals surface area contributed by atoms with Crippen LogP contribution in [-0.2, 0) is 9.59 Å². The molecule has 1 aliphatic rings. The van der Waals surface area contributed by atoms with Gasteiger partial charge >= 0.3 is 11.9 Å². The van der Waals surface area contributed by atoms with Gasteiger partial charge in [0.1, 0.15) is 5.82 Å². The van der Waals surface area contributed by atoms with E-state index in [4.69, 9.17) is 18.9 Å². The Labute approximate surface area is 124 Å². The summed E-state index contributed by atoms with van der Waals surface area (Å²) in [6, 6.07) is 3.79. The SMILES string of the molecule is CC(=O)Oc1c2c(c(OC(C)=O)c3cc(F)ccc13)OCO2. The third-order valence-corrected chi connectivity index (χ3v) is 2.99. The van der Waals surface area contributed by atoms with Gasteiger partial charge in [-0.2, -0.15) is 0 Å². The van der Waals surface area contributed by atoms with Gasteiger partial charge in [-0.1, -0.05) is 0 Å². The largest absolute Gasteiger partial charge is 0.449 e. The summed E-state index contributed by atoms with van der Waals surface area (Å²) < 4.78 is 34.5. The Morgan fingerprint density at radius 3 is 2.09 bits per heavy atom. The summed E-state index contributed by atoms with van der Waals surface area (Å²) in [6.07, 6.45) is 0. The number of ether oxygens (including phenoxy) is 4. The van der Waals surface area contributed by atoms with Crippen LogP contribution in [0.2, 0.25) is 0 Å². The summed E-state index contributed by atoms with van der Waals surface area (Å²) in [5, 5.41) is 0.618. The van der Waals surface area contributed by atoms with E-state index in [1.54, 1.807) is 0 Å². The van der Waals surface area contributed by atoms with Crippen LogP contribution < -0.4 is 18.9 Å². The molecule has 6 nitrogen and oxygen atoms in total. The second kappa shape index (κ2) is 5.18. The van der Waals surface area contributed by atoms with E-state index in [1.807, 2.05) is 0 Å². The normalized spacial score (nSPS) is 12.3. The van der Waals surface area contributed by atoms with E-state index in [-0.39, 0.29) is 35.2 Å². The van der Waals surface area contributed by atoms with Crippen LogP contribution >= 0.6 is 0 Å². The number of fused-ring (bicyclic) bond motifs is 2. The Morgan fingerprint density at radius 2 is 1.55 bits per heavy atom. The van der Waals surface area contributed by atoms with Crippen LogP contribution in [0.25, 0.3) is 10.8 Å². The summed E-state index contributed by atoms with van der Waals surface area (Å²) in [7, 11) is 0. The second-order valence-electron chi connectivity index (χ2n) is 4.60. The molecule has 0 saturated heterocycles. The first kappa shape index (κ1) is 14.1. The number of carbonyl (C=O) groups excluding carboxylic acids is 2. The fraction of sp³-hybridized carbons (Fsp3) is 0.200. The van der Waals surface area contributed by atoms with Crippen LogP contribution in [0.15, 0.2) is 18.2 Å². The molecule has 0 saturated carbocycles. The first-order chi connectivity index (χ1) is 10.5. The van der Waals surface area contributed by atoms with Crippen LogP contribution in [-0.4, -0.2) is 18.7 Å². The van der Waals surface area contributed by atoms with Gasteiger partial charge in [0.2, 0.25) is 18.3 Å². The Bertz CT molecular complexity index is 798. The highest BCUT2D eigenvalue weighted by molar-refractivity contribution is 6.01. The summed E-state index contributed by atoms with van der Waals surface area (Å²) in [6.45, 7) is 2.32. The zero-order chi connectivity index (χ0) is 15.9. The maximum Gasteiger partial charge on any atom is 0.308 e. The lowest BCUT2D eigenvalue weighted by atomic mass is 10.1. The Balaban J connectivity index is 2.36. The molecule has 0 unspecified atom stereocenters. The number of benzene rings is 2. The van der Waals surface area contributed by atoms with Crippen molar-refractivity contribution in [2.45, 2.75) is 13.8 Å². The molecule has 114 valence electrons. The van der Waals surface area contributed by atoms with Crippen molar-refractivity contribution in [2.75, 3.05) is 6.79 Å². The van der Waals surface area contributed by atoms with Crippen molar-refractivity contribution in [1.29, 1.82) is 0 Å². The standard InChI is InChI=1S/C15H11FO6/c1-7(17)21-12-10-4-3-9(16)5-11(10)13(22-8(2)18)15-14(12)19-6-20-15/h3-5H,6H2,1-2H3. The van der Waals surface area contributed by atoms with Gasteiger partial charge in [0, 0.05) is 24.6 Å². The quantitative estimate of drug-likeness (QED) is 0.627. The fourth-order valence-electron chi connectivity index (χ4n) is 2.25. The van der Waals surface area contributed by atoms with Crippen LogP contribution in [0, 0.1) is 5.82 Å². The number of halogens is 1. The molecule has 1 heterocycles. The minimum Gasteiger partial charge on any atom is -0.449 e. The maximum atomic E-state index is 13.6. The highest BCUT2D eigenvalue weighted by atomic mass is 19.1. The molecule has 22 heavy (non-hydrogen) atoms. The van der Waals surface area contributed by atoms with Crippen LogP contribution in [0.4, 0.5) is 4.39 Å². The van der Waals surface area contributed by atoms with Gasteiger partial charge in [-0.25, -0.2) is 4.39 Å². The number of carbonyl (C=O) groups is 2. The zero-order valence-electron chi connectivity index (χ0n) is 11.8. The molecule has 0 spiro atoms. The molecule has 0 aliphatic carbocycles. The number of hydrogen-bond acceptors (Lipinski definition) is 6. The monoisotopic (exact) mass is 306 g/mol. The molecule has 0 radical (unpaired) electrons. The highest BCUT2D eigenvalue weighted by Gasteiger charge is 2.30. The van der Waals surface area contributed by atoms with Crippen LogP contribution in [0.1, 0.15) is 13.8 Å². The van der Waals surface area contributed by atoms with Gasteiger partial charge in [-0.3, -0.25) is 9.59 Å². The summed E-state index contributed by atoms with van der Waals surface area (Å²) in [5.74, 6) is -1.31. The predicted molar refractivity (Wildman–Crippen MR) is 72.6 cm³/mol. The van der Waals surface area contributed by atoms with Crippen LogP contribution in [0.3, 0.4) is 0 Å². The lowest BCUT2D eigenvalue weighted by Crippen LogP contribution is -2.06. The average molecular weight is 306 g/mol. The molecule has 0 fully saturated rings. The molecular weight excluding hydrogens is 295 g/mol. The lowest BCUT2D eigenvalue weighted by molar-refractivity contribution is -0.133. The fourth-order valence-corrected chi connectivity index (χ4v) is 2.25. The molecule has 0 aromatic heterocycles.